The Morgan fingerprint density at radius 2 is 2.14 bits per heavy atom. The molecule has 1 aromatic carbocycles. The highest BCUT2D eigenvalue weighted by Gasteiger charge is 2.11. The smallest absolute Gasteiger partial charge is 0.160 e. The van der Waals surface area contributed by atoms with Gasteiger partial charge in [0.25, 0.3) is 0 Å². The van der Waals surface area contributed by atoms with Crippen LogP contribution in [0, 0.1) is 0 Å². The van der Waals surface area contributed by atoms with E-state index in [9.17, 15) is 4.79 Å². The maximum absolute atomic E-state index is 11.4. The lowest BCUT2D eigenvalue weighted by Crippen LogP contribution is -1.93. The molecule has 0 unspecified atom stereocenters. The number of hydrogen-bond acceptors (Lipinski definition) is 1. The average molecular weight is 208 g/mol. The standard InChI is InChI=1S/C11H10ClNO/c1-7(14)8-4-3-5-10-11(8)9(12)6-13(10)2/h3-6H,1-2H3. The lowest BCUT2D eigenvalue weighted by Gasteiger charge is -1.99. The number of ketones is 1. The quantitative estimate of drug-likeness (QED) is 0.659. The Kier molecular flexibility index (Phi) is 2.08. The topological polar surface area (TPSA) is 22.0 Å². The van der Waals surface area contributed by atoms with E-state index in [1.807, 2.05) is 29.9 Å². The van der Waals surface area contributed by atoms with Gasteiger partial charge in [-0.1, -0.05) is 23.7 Å². The van der Waals surface area contributed by atoms with E-state index in [2.05, 4.69) is 0 Å². The highest BCUT2D eigenvalue weighted by molar-refractivity contribution is 6.37. The predicted molar refractivity (Wildman–Crippen MR) is 57.9 cm³/mol. The molecule has 2 aromatic rings. The van der Waals surface area contributed by atoms with Gasteiger partial charge in [-0.25, -0.2) is 0 Å². The number of rotatable bonds is 1. The second-order valence-electron chi connectivity index (χ2n) is 3.34. The Hall–Kier alpha value is -1.28. The van der Waals surface area contributed by atoms with Crippen molar-refractivity contribution in [2.45, 2.75) is 6.92 Å². The van der Waals surface area contributed by atoms with Crippen LogP contribution >= 0.6 is 11.6 Å². The van der Waals surface area contributed by atoms with E-state index < -0.39 is 0 Å². The molecule has 0 atom stereocenters. The lowest BCUT2D eigenvalue weighted by molar-refractivity contribution is 0.101. The van der Waals surface area contributed by atoms with E-state index in [-0.39, 0.29) is 5.78 Å². The average Bonchev–Trinajstić information content (AvgIpc) is 2.43. The molecule has 0 spiro atoms. The van der Waals surface area contributed by atoms with Gasteiger partial charge in [-0.3, -0.25) is 4.79 Å². The van der Waals surface area contributed by atoms with Crippen molar-refractivity contribution in [2.75, 3.05) is 0 Å². The monoisotopic (exact) mass is 207 g/mol. The zero-order chi connectivity index (χ0) is 10.3. The maximum atomic E-state index is 11.4. The molecule has 0 amide bonds. The van der Waals surface area contributed by atoms with Crippen molar-refractivity contribution in [3.05, 3.63) is 35.0 Å². The highest BCUT2D eigenvalue weighted by Crippen LogP contribution is 2.28. The van der Waals surface area contributed by atoms with Crippen LogP contribution in [0.15, 0.2) is 24.4 Å². The number of halogens is 1. The summed E-state index contributed by atoms with van der Waals surface area (Å²) in [6.45, 7) is 1.55. The summed E-state index contributed by atoms with van der Waals surface area (Å²) in [5.74, 6) is 0.0451. The van der Waals surface area contributed by atoms with E-state index in [0.29, 0.717) is 10.6 Å². The summed E-state index contributed by atoms with van der Waals surface area (Å²) < 4.78 is 1.92. The van der Waals surface area contributed by atoms with Gasteiger partial charge in [-0.05, 0) is 13.0 Å². The molecule has 0 radical (unpaired) electrons. The molecule has 0 bridgehead atoms. The van der Waals surface area contributed by atoms with E-state index >= 15 is 0 Å². The molecule has 0 aliphatic carbocycles. The van der Waals surface area contributed by atoms with Crippen molar-refractivity contribution < 1.29 is 4.79 Å². The van der Waals surface area contributed by atoms with Crippen molar-refractivity contribution in [3.8, 4) is 0 Å². The SMILES string of the molecule is CC(=O)c1cccc2c1c(Cl)cn2C. The van der Waals surface area contributed by atoms with Crippen LogP contribution in [0.3, 0.4) is 0 Å². The molecule has 2 nitrogen and oxygen atoms in total. The molecule has 0 N–H and O–H groups in total. The van der Waals surface area contributed by atoms with Gasteiger partial charge in [0.05, 0.1) is 10.5 Å². The van der Waals surface area contributed by atoms with Crippen LogP contribution in [0.25, 0.3) is 10.9 Å². The molecule has 14 heavy (non-hydrogen) atoms. The predicted octanol–water partition coefficient (Wildman–Crippen LogP) is 3.03. The Bertz CT molecular complexity index is 513. The number of aromatic nitrogens is 1. The molecule has 0 saturated carbocycles. The van der Waals surface area contributed by atoms with Crippen LogP contribution in [0.1, 0.15) is 17.3 Å². The van der Waals surface area contributed by atoms with Gasteiger partial charge in [0.15, 0.2) is 5.78 Å². The minimum absolute atomic E-state index is 0.0451. The van der Waals surface area contributed by atoms with Crippen molar-refractivity contribution in [3.63, 3.8) is 0 Å². The number of benzene rings is 1. The van der Waals surface area contributed by atoms with Crippen LogP contribution in [-0.2, 0) is 7.05 Å². The van der Waals surface area contributed by atoms with E-state index in [4.69, 9.17) is 11.6 Å². The fraction of sp³-hybridized carbons (Fsp3) is 0.182. The first kappa shape index (κ1) is 9.28. The minimum Gasteiger partial charge on any atom is -0.349 e. The Morgan fingerprint density at radius 3 is 2.79 bits per heavy atom. The zero-order valence-corrected chi connectivity index (χ0v) is 8.80. The van der Waals surface area contributed by atoms with Gasteiger partial charge < -0.3 is 4.57 Å². The fourth-order valence-electron chi connectivity index (χ4n) is 1.68. The number of aryl methyl sites for hydroxylation is 1. The van der Waals surface area contributed by atoms with Gasteiger partial charge in [0.2, 0.25) is 0 Å². The molecular formula is C11H10ClNO. The van der Waals surface area contributed by atoms with Crippen LogP contribution in [0.2, 0.25) is 5.02 Å². The minimum atomic E-state index is 0.0451. The summed E-state index contributed by atoms with van der Waals surface area (Å²) in [4.78, 5) is 11.4. The first-order chi connectivity index (χ1) is 6.61. The summed E-state index contributed by atoms with van der Waals surface area (Å²) in [7, 11) is 1.91. The molecule has 0 fully saturated rings. The van der Waals surface area contributed by atoms with Gasteiger partial charge in [-0.15, -0.1) is 0 Å². The van der Waals surface area contributed by atoms with Crippen LogP contribution in [0.4, 0.5) is 0 Å². The zero-order valence-electron chi connectivity index (χ0n) is 8.04. The second kappa shape index (κ2) is 3.14. The van der Waals surface area contributed by atoms with Crippen LogP contribution < -0.4 is 0 Å². The third-order valence-electron chi connectivity index (χ3n) is 2.35. The first-order valence-electron chi connectivity index (χ1n) is 4.35. The van der Waals surface area contributed by atoms with Gasteiger partial charge in [0.1, 0.15) is 0 Å². The molecule has 0 saturated heterocycles. The van der Waals surface area contributed by atoms with E-state index in [0.717, 1.165) is 10.9 Å². The van der Waals surface area contributed by atoms with Crippen LogP contribution in [-0.4, -0.2) is 10.4 Å². The van der Waals surface area contributed by atoms with Crippen molar-refractivity contribution in [2.24, 2.45) is 7.05 Å². The Labute approximate surface area is 87.1 Å². The summed E-state index contributed by atoms with van der Waals surface area (Å²) in [5, 5.41) is 1.48. The third-order valence-corrected chi connectivity index (χ3v) is 2.63. The maximum Gasteiger partial charge on any atom is 0.160 e. The molecule has 3 heteroatoms. The molecule has 1 heterocycles. The van der Waals surface area contributed by atoms with Crippen molar-refractivity contribution in [1.29, 1.82) is 0 Å². The number of hydrogen-bond donors (Lipinski definition) is 0. The van der Waals surface area contributed by atoms with E-state index in [1.54, 1.807) is 13.0 Å². The summed E-state index contributed by atoms with van der Waals surface area (Å²) in [6, 6.07) is 5.62. The molecule has 1 aromatic heterocycles. The van der Waals surface area contributed by atoms with Crippen molar-refractivity contribution in [1.82, 2.24) is 4.57 Å². The summed E-state index contributed by atoms with van der Waals surface area (Å²) in [6.07, 6.45) is 1.82. The number of nitrogens with zero attached hydrogens (tertiary/aromatic N) is 1. The largest absolute Gasteiger partial charge is 0.349 e. The second-order valence-corrected chi connectivity index (χ2v) is 3.75. The lowest BCUT2D eigenvalue weighted by atomic mass is 10.1. The normalized spacial score (nSPS) is 10.8. The number of fused-ring (bicyclic) bond motifs is 1. The van der Waals surface area contributed by atoms with E-state index in [1.165, 1.54) is 0 Å². The number of carbonyl (C=O) groups is 1. The summed E-state index contributed by atoms with van der Waals surface area (Å²) in [5.41, 5.74) is 1.68. The van der Waals surface area contributed by atoms with Gasteiger partial charge in [0, 0.05) is 24.2 Å². The number of Topliss-reactive ketones (excluding diaryl/α,β-unsaturated/α-hetero) is 1. The number of carbonyl (C=O) groups excluding carboxylic acids is 1. The molecule has 0 aliphatic rings. The van der Waals surface area contributed by atoms with Gasteiger partial charge >= 0.3 is 0 Å². The first-order valence-corrected chi connectivity index (χ1v) is 4.73. The summed E-state index contributed by atoms with van der Waals surface area (Å²) >= 11 is 6.05. The third kappa shape index (κ3) is 1.23. The van der Waals surface area contributed by atoms with Crippen molar-refractivity contribution >= 4 is 28.3 Å². The molecule has 2 rings (SSSR count). The fourth-order valence-corrected chi connectivity index (χ4v) is 2.03. The van der Waals surface area contributed by atoms with Gasteiger partial charge in [-0.2, -0.15) is 0 Å². The van der Waals surface area contributed by atoms with Crippen LogP contribution in [0.5, 0.6) is 0 Å². The molecule has 72 valence electrons. The Morgan fingerprint density at radius 1 is 1.43 bits per heavy atom. The Balaban J connectivity index is 2.92. The highest BCUT2D eigenvalue weighted by atomic mass is 35.5. The molecular weight excluding hydrogens is 198 g/mol. The molecule has 0 aliphatic heterocycles.